The van der Waals surface area contributed by atoms with Crippen molar-refractivity contribution in [3.8, 4) is 0 Å². The SMILES string of the molecule is CNC(COC1CCOCC1)(C(=O)O)C1CC1. The van der Waals surface area contributed by atoms with Gasteiger partial charge in [-0.05, 0) is 38.6 Å². The smallest absolute Gasteiger partial charge is 0.326 e. The van der Waals surface area contributed by atoms with Gasteiger partial charge in [0, 0.05) is 13.2 Å². The molecule has 0 radical (unpaired) electrons. The maximum atomic E-state index is 11.4. The van der Waals surface area contributed by atoms with Gasteiger partial charge in [-0.3, -0.25) is 4.79 Å². The molecule has 2 fully saturated rings. The van der Waals surface area contributed by atoms with Crippen LogP contribution in [0.3, 0.4) is 0 Å². The highest BCUT2D eigenvalue weighted by atomic mass is 16.5. The van der Waals surface area contributed by atoms with Crippen LogP contribution in [0.4, 0.5) is 0 Å². The summed E-state index contributed by atoms with van der Waals surface area (Å²) in [5.74, 6) is -0.584. The molecule has 2 rings (SSSR count). The molecule has 98 valence electrons. The van der Waals surface area contributed by atoms with Gasteiger partial charge >= 0.3 is 5.97 Å². The van der Waals surface area contributed by atoms with Crippen LogP contribution in [0.1, 0.15) is 25.7 Å². The molecule has 5 heteroatoms. The van der Waals surface area contributed by atoms with E-state index in [9.17, 15) is 9.90 Å². The molecule has 0 amide bonds. The minimum Gasteiger partial charge on any atom is -0.480 e. The molecule has 0 aromatic heterocycles. The van der Waals surface area contributed by atoms with Crippen molar-refractivity contribution in [2.75, 3.05) is 26.9 Å². The van der Waals surface area contributed by atoms with Crippen LogP contribution in [0.25, 0.3) is 0 Å². The van der Waals surface area contributed by atoms with Gasteiger partial charge in [0.05, 0.1) is 12.7 Å². The number of hydrogen-bond donors (Lipinski definition) is 2. The zero-order valence-corrected chi connectivity index (χ0v) is 10.3. The van der Waals surface area contributed by atoms with E-state index in [1.165, 1.54) is 0 Å². The molecule has 0 aromatic carbocycles. The third kappa shape index (κ3) is 2.78. The largest absolute Gasteiger partial charge is 0.480 e. The number of carboxylic acid groups (broad SMARTS) is 1. The fraction of sp³-hybridized carbons (Fsp3) is 0.917. The highest BCUT2D eigenvalue weighted by Crippen LogP contribution is 2.40. The number of ether oxygens (including phenoxy) is 2. The van der Waals surface area contributed by atoms with Crippen LogP contribution >= 0.6 is 0 Å². The van der Waals surface area contributed by atoms with Crippen molar-refractivity contribution in [3.05, 3.63) is 0 Å². The second-order valence-electron chi connectivity index (χ2n) is 4.92. The number of nitrogens with one attached hydrogen (secondary N) is 1. The Balaban J connectivity index is 1.90. The first-order valence-corrected chi connectivity index (χ1v) is 6.30. The average molecular weight is 243 g/mol. The molecule has 1 aliphatic carbocycles. The normalized spacial score (nSPS) is 25.5. The van der Waals surface area contributed by atoms with Crippen LogP contribution in [0.15, 0.2) is 0 Å². The lowest BCUT2D eigenvalue weighted by atomic mass is 9.94. The zero-order valence-electron chi connectivity index (χ0n) is 10.3. The van der Waals surface area contributed by atoms with Gasteiger partial charge in [0.2, 0.25) is 0 Å². The topological polar surface area (TPSA) is 67.8 Å². The van der Waals surface area contributed by atoms with Crippen LogP contribution in [-0.4, -0.2) is 49.6 Å². The molecule has 1 saturated carbocycles. The lowest BCUT2D eigenvalue weighted by Gasteiger charge is -2.32. The van der Waals surface area contributed by atoms with Crippen molar-refractivity contribution in [1.82, 2.24) is 5.32 Å². The maximum absolute atomic E-state index is 11.4. The summed E-state index contributed by atoms with van der Waals surface area (Å²) >= 11 is 0. The Labute approximate surface area is 101 Å². The first-order chi connectivity index (χ1) is 8.19. The number of rotatable bonds is 6. The summed E-state index contributed by atoms with van der Waals surface area (Å²) in [5, 5.41) is 12.4. The predicted molar refractivity (Wildman–Crippen MR) is 61.9 cm³/mol. The van der Waals surface area contributed by atoms with E-state index < -0.39 is 11.5 Å². The van der Waals surface area contributed by atoms with Gasteiger partial charge in [0.15, 0.2) is 0 Å². The Kier molecular flexibility index (Phi) is 4.01. The van der Waals surface area contributed by atoms with Gasteiger partial charge in [0.1, 0.15) is 5.54 Å². The molecule has 2 aliphatic rings. The van der Waals surface area contributed by atoms with Crippen molar-refractivity contribution >= 4 is 5.97 Å². The van der Waals surface area contributed by atoms with E-state index in [-0.39, 0.29) is 18.6 Å². The second kappa shape index (κ2) is 5.33. The Morgan fingerprint density at radius 3 is 2.53 bits per heavy atom. The van der Waals surface area contributed by atoms with Crippen LogP contribution in [0.2, 0.25) is 0 Å². The van der Waals surface area contributed by atoms with Crippen LogP contribution in [0, 0.1) is 5.92 Å². The molecule has 1 aliphatic heterocycles. The summed E-state index contributed by atoms with van der Waals surface area (Å²) < 4.78 is 11.0. The Morgan fingerprint density at radius 1 is 1.41 bits per heavy atom. The zero-order chi connectivity index (χ0) is 12.3. The number of carbonyl (C=O) groups is 1. The second-order valence-corrected chi connectivity index (χ2v) is 4.92. The molecule has 1 unspecified atom stereocenters. The van der Waals surface area contributed by atoms with E-state index in [1.807, 2.05) is 0 Å². The summed E-state index contributed by atoms with van der Waals surface area (Å²) in [4.78, 5) is 11.4. The number of hydrogen-bond acceptors (Lipinski definition) is 4. The molecular weight excluding hydrogens is 222 g/mol. The summed E-state index contributed by atoms with van der Waals surface area (Å²) in [6, 6.07) is 0. The Morgan fingerprint density at radius 2 is 2.06 bits per heavy atom. The predicted octanol–water partition coefficient (Wildman–Crippen LogP) is 0.635. The molecule has 1 heterocycles. The quantitative estimate of drug-likeness (QED) is 0.716. The van der Waals surface area contributed by atoms with Crippen LogP contribution in [-0.2, 0) is 14.3 Å². The highest BCUT2D eigenvalue weighted by molar-refractivity contribution is 5.80. The Bertz CT molecular complexity index is 274. The Hall–Kier alpha value is -0.650. The first kappa shape index (κ1) is 12.8. The minimum absolute atomic E-state index is 0.148. The summed E-state index contributed by atoms with van der Waals surface area (Å²) in [7, 11) is 1.71. The molecule has 0 spiro atoms. The summed E-state index contributed by atoms with van der Waals surface area (Å²) in [5.41, 5.74) is -0.891. The van der Waals surface area contributed by atoms with Crippen LogP contribution < -0.4 is 5.32 Å². The monoisotopic (exact) mass is 243 g/mol. The standard InChI is InChI=1S/C12H21NO4/c1-13-12(11(14)15,9-2-3-9)8-17-10-4-6-16-7-5-10/h9-10,13H,2-8H2,1H3,(H,14,15). The molecule has 0 aromatic rings. The van der Waals surface area contributed by atoms with Crippen molar-refractivity contribution in [3.63, 3.8) is 0 Å². The lowest BCUT2D eigenvalue weighted by Crippen LogP contribution is -2.56. The molecular formula is C12H21NO4. The first-order valence-electron chi connectivity index (χ1n) is 6.30. The van der Waals surface area contributed by atoms with Gasteiger partial charge in [0.25, 0.3) is 0 Å². The van der Waals surface area contributed by atoms with E-state index in [0.29, 0.717) is 13.2 Å². The van der Waals surface area contributed by atoms with Crippen molar-refractivity contribution in [2.45, 2.75) is 37.3 Å². The number of aliphatic carboxylic acids is 1. The van der Waals surface area contributed by atoms with Gasteiger partial charge in [-0.2, -0.15) is 0 Å². The summed E-state index contributed by atoms with van der Waals surface area (Å²) in [6.45, 7) is 1.69. The van der Waals surface area contributed by atoms with Crippen molar-refractivity contribution in [1.29, 1.82) is 0 Å². The van der Waals surface area contributed by atoms with E-state index in [1.54, 1.807) is 7.05 Å². The molecule has 0 bridgehead atoms. The summed E-state index contributed by atoms with van der Waals surface area (Å²) in [6.07, 6.45) is 3.83. The molecule has 1 saturated heterocycles. The molecule has 2 N–H and O–H groups in total. The molecule has 1 atom stereocenters. The van der Waals surface area contributed by atoms with Crippen molar-refractivity contribution < 1.29 is 19.4 Å². The van der Waals surface area contributed by atoms with E-state index in [4.69, 9.17) is 9.47 Å². The fourth-order valence-electron chi connectivity index (χ4n) is 2.41. The average Bonchev–Trinajstić information content (AvgIpc) is 3.16. The minimum atomic E-state index is -0.891. The molecule has 5 nitrogen and oxygen atoms in total. The molecule has 17 heavy (non-hydrogen) atoms. The third-order valence-corrected chi connectivity index (χ3v) is 3.82. The van der Waals surface area contributed by atoms with Crippen molar-refractivity contribution in [2.24, 2.45) is 5.92 Å². The van der Waals surface area contributed by atoms with Crippen LogP contribution in [0.5, 0.6) is 0 Å². The number of carboxylic acids is 1. The highest BCUT2D eigenvalue weighted by Gasteiger charge is 2.50. The lowest BCUT2D eigenvalue weighted by molar-refractivity contribution is -0.151. The number of likely N-dealkylation sites (N-methyl/N-ethyl adjacent to an activating group) is 1. The fourth-order valence-corrected chi connectivity index (χ4v) is 2.41. The van der Waals surface area contributed by atoms with Gasteiger partial charge in [-0.1, -0.05) is 0 Å². The van der Waals surface area contributed by atoms with Gasteiger partial charge < -0.3 is 19.9 Å². The third-order valence-electron chi connectivity index (χ3n) is 3.82. The van der Waals surface area contributed by atoms with Gasteiger partial charge in [-0.25, -0.2) is 0 Å². The van der Waals surface area contributed by atoms with E-state index in [2.05, 4.69) is 5.32 Å². The maximum Gasteiger partial charge on any atom is 0.326 e. The van der Waals surface area contributed by atoms with E-state index >= 15 is 0 Å². The van der Waals surface area contributed by atoms with Gasteiger partial charge in [-0.15, -0.1) is 0 Å². The van der Waals surface area contributed by atoms with E-state index in [0.717, 1.165) is 25.7 Å².